The maximum atomic E-state index is 11.7. The molecule has 0 saturated heterocycles. The van der Waals surface area contributed by atoms with Gasteiger partial charge in [0.25, 0.3) is 11.8 Å². The van der Waals surface area contributed by atoms with Crippen molar-refractivity contribution in [1.29, 1.82) is 0 Å². The van der Waals surface area contributed by atoms with Crippen LogP contribution in [0.3, 0.4) is 0 Å². The van der Waals surface area contributed by atoms with Gasteiger partial charge in [-0.3, -0.25) is 24.1 Å². The Bertz CT molecular complexity index is 471. The van der Waals surface area contributed by atoms with Crippen LogP contribution in [0, 0.1) is 0 Å². The van der Waals surface area contributed by atoms with Gasteiger partial charge in [-0.1, -0.05) is 0 Å². The first-order valence-electron chi connectivity index (χ1n) is 7.96. The van der Waals surface area contributed by atoms with Crippen molar-refractivity contribution in [3.05, 3.63) is 12.2 Å². The number of hydrogen-bond donors (Lipinski definition) is 1. The number of carbonyl (C=O) groups excluding carboxylic acids is 4. The second-order valence-electron chi connectivity index (χ2n) is 5.20. The van der Waals surface area contributed by atoms with E-state index >= 15 is 0 Å². The van der Waals surface area contributed by atoms with Gasteiger partial charge in [-0.15, -0.1) is 0 Å². The second kappa shape index (κ2) is 11.5. The summed E-state index contributed by atoms with van der Waals surface area (Å²) in [5, 5.41) is 2.50. The third-order valence-corrected chi connectivity index (χ3v) is 3.38. The molecule has 1 rings (SSSR count). The highest BCUT2D eigenvalue weighted by molar-refractivity contribution is 6.13. The van der Waals surface area contributed by atoms with Gasteiger partial charge in [0.05, 0.1) is 19.8 Å². The molecule has 1 N–H and O–H groups in total. The monoisotopic (exact) mass is 340 g/mol. The molecule has 24 heavy (non-hydrogen) atoms. The fourth-order valence-electron chi connectivity index (χ4n) is 2.00. The van der Waals surface area contributed by atoms with Crippen LogP contribution in [-0.4, -0.2) is 68.4 Å². The molecular formula is C16H24N2O6. The van der Waals surface area contributed by atoms with E-state index in [1.54, 1.807) is 7.05 Å². The van der Waals surface area contributed by atoms with Crippen LogP contribution in [0.1, 0.15) is 25.7 Å². The number of imide groups is 1. The second-order valence-corrected chi connectivity index (χ2v) is 5.20. The number of ketones is 1. The number of hydrogen-bond acceptors (Lipinski definition) is 6. The molecule has 0 saturated carbocycles. The van der Waals surface area contributed by atoms with E-state index in [1.807, 2.05) is 0 Å². The van der Waals surface area contributed by atoms with E-state index in [1.165, 1.54) is 12.2 Å². The lowest BCUT2D eigenvalue weighted by molar-refractivity contribution is -0.137. The summed E-state index contributed by atoms with van der Waals surface area (Å²) >= 11 is 0. The third kappa shape index (κ3) is 7.98. The van der Waals surface area contributed by atoms with Crippen molar-refractivity contribution in [2.45, 2.75) is 25.7 Å². The summed E-state index contributed by atoms with van der Waals surface area (Å²) in [4.78, 5) is 46.3. The summed E-state index contributed by atoms with van der Waals surface area (Å²) in [6, 6.07) is 0. The largest absolute Gasteiger partial charge is 0.379 e. The first kappa shape index (κ1) is 20.0. The summed E-state index contributed by atoms with van der Waals surface area (Å²) in [6.45, 7) is 1.73. The molecule has 0 bridgehead atoms. The first-order chi connectivity index (χ1) is 11.5. The van der Waals surface area contributed by atoms with E-state index in [4.69, 9.17) is 9.47 Å². The Balaban J connectivity index is 1.92. The molecule has 0 atom stereocenters. The normalized spacial score (nSPS) is 13.6. The van der Waals surface area contributed by atoms with E-state index in [-0.39, 0.29) is 36.5 Å². The van der Waals surface area contributed by atoms with Gasteiger partial charge in [0, 0.05) is 51.6 Å². The van der Waals surface area contributed by atoms with Crippen LogP contribution in [0.2, 0.25) is 0 Å². The molecule has 0 aromatic rings. The minimum atomic E-state index is -0.368. The lowest BCUT2D eigenvalue weighted by Gasteiger charge is -2.12. The molecule has 0 radical (unpaired) electrons. The molecule has 0 aromatic carbocycles. The zero-order chi connectivity index (χ0) is 17.8. The van der Waals surface area contributed by atoms with Gasteiger partial charge < -0.3 is 14.8 Å². The molecule has 0 aliphatic carbocycles. The van der Waals surface area contributed by atoms with Crippen molar-refractivity contribution in [1.82, 2.24) is 10.2 Å². The maximum Gasteiger partial charge on any atom is 0.253 e. The highest BCUT2D eigenvalue weighted by Crippen LogP contribution is 2.06. The number of nitrogens with zero attached hydrogens (tertiary/aromatic N) is 1. The molecule has 0 fully saturated rings. The predicted molar refractivity (Wildman–Crippen MR) is 85.0 cm³/mol. The van der Waals surface area contributed by atoms with Crippen molar-refractivity contribution in [2.24, 2.45) is 0 Å². The van der Waals surface area contributed by atoms with Crippen LogP contribution < -0.4 is 5.32 Å². The lowest BCUT2D eigenvalue weighted by Crippen LogP contribution is -2.32. The fraction of sp³-hybridized carbons (Fsp3) is 0.625. The number of Topliss-reactive ketones (excluding diaryl/α,β-unsaturated/α-hetero) is 1. The van der Waals surface area contributed by atoms with Crippen LogP contribution in [0.15, 0.2) is 12.2 Å². The van der Waals surface area contributed by atoms with Crippen molar-refractivity contribution in [3.8, 4) is 0 Å². The smallest absolute Gasteiger partial charge is 0.253 e. The van der Waals surface area contributed by atoms with Gasteiger partial charge in [0.1, 0.15) is 5.78 Å². The zero-order valence-corrected chi connectivity index (χ0v) is 13.9. The van der Waals surface area contributed by atoms with Crippen LogP contribution in [0.4, 0.5) is 0 Å². The lowest BCUT2D eigenvalue weighted by atomic mass is 10.1. The quantitative estimate of drug-likeness (QED) is 0.369. The molecular weight excluding hydrogens is 316 g/mol. The Kier molecular flexibility index (Phi) is 9.55. The van der Waals surface area contributed by atoms with Crippen LogP contribution in [0.5, 0.6) is 0 Å². The summed E-state index contributed by atoms with van der Waals surface area (Å²) in [6.07, 6.45) is 3.83. The van der Waals surface area contributed by atoms with E-state index in [9.17, 15) is 19.2 Å². The summed E-state index contributed by atoms with van der Waals surface area (Å²) in [7, 11) is 1.57. The highest BCUT2D eigenvalue weighted by Gasteiger charge is 2.23. The highest BCUT2D eigenvalue weighted by atomic mass is 16.5. The number of nitrogens with one attached hydrogen (secondary N) is 1. The summed E-state index contributed by atoms with van der Waals surface area (Å²) < 4.78 is 10.5. The fourth-order valence-corrected chi connectivity index (χ4v) is 2.00. The van der Waals surface area contributed by atoms with Gasteiger partial charge in [0.2, 0.25) is 5.91 Å². The topological polar surface area (TPSA) is 102 Å². The van der Waals surface area contributed by atoms with E-state index in [0.29, 0.717) is 45.7 Å². The number of carbonyl (C=O) groups is 4. The molecule has 8 heteroatoms. The van der Waals surface area contributed by atoms with E-state index in [0.717, 1.165) is 4.90 Å². The standard InChI is InChI=1S/C16H24N2O6/c1-17-14(20)7-10-24-12-11-23-9-2-3-13(19)6-8-18-15(21)4-5-16(18)22/h4-5H,2-3,6-12H2,1H3,(H,17,20). The minimum absolute atomic E-state index is 0.00655. The third-order valence-electron chi connectivity index (χ3n) is 3.38. The SMILES string of the molecule is CNC(=O)CCOCCOCCCC(=O)CCN1C(=O)C=CC1=O. The predicted octanol–water partition coefficient (Wildman–Crippen LogP) is -0.180. The number of amides is 3. The maximum absolute atomic E-state index is 11.7. The van der Waals surface area contributed by atoms with Crippen LogP contribution in [-0.2, 0) is 28.7 Å². The van der Waals surface area contributed by atoms with Gasteiger partial charge in [0.15, 0.2) is 0 Å². The number of rotatable bonds is 13. The van der Waals surface area contributed by atoms with E-state index < -0.39 is 0 Å². The number of ether oxygens (including phenoxy) is 2. The summed E-state index contributed by atoms with van der Waals surface area (Å²) in [5.74, 6) is -0.810. The molecule has 134 valence electrons. The Morgan fingerprint density at radius 3 is 2.21 bits per heavy atom. The van der Waals surface area contributed by atoms with Crippen molar-refractivity contribution < 1.29 is 28.7 Å². The van der Waals surface area contributed by atoms with E-state index in [2.05, 4.69) is 5.32 Å². The van der Waals surface area contributed by atoms with Gasteiger partial charge >= 0.3 is 0 Å². The van der Waals surface area contributed by atoms with Crippen LogP contribution >= 0.6 is 0 Å². The molecule has 8 nitrogen and oxygen atoms in total. The first-order valence-corrected chi connectivity index (χ1v) is 7.96. The molecule has 0 aromatic heterocycles. The Morgan fingerprint density at radius 2 is 1.58 bits per heavy atom. The zero-order valence-electron chi connectivity index (χ0n) is 13.9. The van der Waals surface area contributed by atoms with Crippen molar-refractivity contribution >= 4 is 23.5 Å². The van der Waals surface area contributed by atoms with Gasteiger partial charge in [-0.25, -0.2) is 0 Å². The van der Waals surface area contributed by atoms with Gasteiger partial charge in [-0.2, -0.15) is 0 Å². The molecule has 0 spiro atoms. The van der Waals surface area contributed by atoms with Crippen molar-refractivity contribution in [3.63, 3.8) is 0 Å². The van der Waals surface area contributed by atoms with Gasteiger partial charge in [-0.05, 0) is 6.42 Å². The molecule has 0 unspecified atom stereocenters. The molecule has 3 amide bonds. The van der Waals surface area contributed by atoms with Crippen LogP contribution in [0.25, 0.3) is 0 Å². The average molecular weight is 340 g/mol. The van der Waals surface area contributed by atoms with Crippen molar-refractivity contribution in [2.75, 3.05) is 40.0 Å². The molecule has 1 heterocycles. The Hall–Kier alpha value is -2.06. The minimum Gasteiger partial charge on any atom is -0.379 e. The Labute approximate surface area is 141 Å². The summed E-state index contributed by atoms with van der Waals surface area (Å²) in [5.41, 5.74) is 0. The Morgan fingerprint density at radius 1 is 0.958 bits per heavy atom. The molecule has 1 aliphatic heterocycles. The average Bonchev–Trinajstić information content (AvgIpc) is 2.89. The molecule has 1 aliphatic rings.